The van der Waals surface area contributed by atoms with E-state index in [2.05, 4.69) is 28.5 Å². The zero-order valence-electron chi connectivity index (χ0n) is 13.3. The summed E-state index contributed by atoms with van der Waals surface area (Å²) in [6, 6.07) is 6.49. The number of aromatic nitrogens is 1. The Morgan fingerprint density at radius 2 is 2.14 bits per heavy atom. The average molecular weight is 319 g/mol. The largest absolute Gasteiger partial charge is 0.444 e. The number of likely N-dealkylation sites (tertiary alicyclic amines) is 1. The van der Waals surface area contributed by atoms with Crippen LogP contribution in [-0.2, 0) is 4.74 Å². The fraction of sp³-hybridized carbons (Fsp3) is 0.500. The van der Waals surface area contributed by atoms with E-state index in [9.17, 15) is 4.79 Å². The molecule has 0 unspecified atom stereocenters. The number of aryl methyl sites for hydroxylation is 1. The average Bonchev–Trinajstić information content (AvgIpc) is 2.70. The molecule has 0 radical (unpaired) electrons. The molecular formula is C16H21N3O2S. The lowest BCUT2D eigenvalue weighted by atomic mass is 10.1. The standard InChI is InChI=1S/C16H21N3O2S/c1-10-17-13-7-11(5-6-14(13)22-10)18-12-8-19(9-12)15(20)21-16(2,3)4/h5-7,12,18H,8-9H2,1-4H3. The Hall–Kier alpha value is -1.82. The van der Waals surface area contributed by atoms with Crippen LogP contribution in [0.3, 0.4) is 0 Å². The fourth-order valence-electron chi connectivity index (χ4n) is 2.41. The minimum absolute atomic E-state index is 0.240. The van der Waals surface area contributed by atoms with Crippen molar-refractivity contribution < 1.29 is 9.53 Å². The van der Waals surface area contributed by atoms with E-state index >= 15 is 0 Å². The first-order valence-corrected chi connectivity index (χ1v) is 8.23. The van der Waals surface area contributed by atoms with Crippen LogP contribution in [0, 0.1) is 6.92 Å². The zero-order valence-corrected chi connectivity index (χ0v) is 14.2. The Morgan fingerprint density at radius 1 is 1.41 bits per heavy atom. The predicted molar refractivity (Wildman–Crippen MR) is 89.6 cm³/mol. The second-order valence-corrected chi connectivity index (χ2v) is 7.88. The maximum atomic E-state index is 11.9. The molecule has 1 fully saturated rings. The van der Waals surface area contributed by atoms with Gasteiger partial charge in [0.2, 0.25) is 0 Å². The highest BCUT2D eigenvalue weighted by Crippen LogP contribution is 2.26. The van der Waals surface area contributed by atoms with E-state index in [1.165, 1.54) is 4.70 Å². The molecule has 2 heterocycles. The Labute approximate surface area is 134 Å². The van der Waals surface area contributed by atoms with Crippen LogP contribution in [0.25, 0.3) is 10.2 Å². The highest BCUT2D eigenvalue weighted by atomic mass is 32.1. The zero-order chi connectivity index (χ0) is 15.9. The number of nitrogens with zero attached hydrogens (tertiary/aromatic N) is 2. The molecule has 118 valence electrons. The molecule has 1 aromatic heterocycles. The highest BCUT2D eigenvalue weighted by molar-refractivity contribution is 7.18. The van der Waals surface area contributed by atoms with Gasteiger partial charge in [0.15, 0.2) is 0 Å². The van der Waals surface area contributed by atoms with E-state index in [0.29, 0.717) is 13.1 Å². The Balaban J connectivity index is 1.56. The molecule has 0 spiro atoms. The van der Waals surface area contributed by atoms with Crippen LogP contribution in [0.4, 0.5) is 10.5 Å². The molecule has 3 rings (SSSR count). The molecule has 0 aliphatic carbocycles. The van der Waals surface area contributed by atoms with Gasteiger partial charge in [0, 0.05) is 18.8 Å². The normalized spacial score (nSPS) is 15.7. The second-order valence-electron chi connectivity index (χ2n) is 6.64. The predicted octanol–water partition coefficient (Wildman–Crippen LogP) is 3.64. The Kier molecular flexibility index (Phi) is 3.72. The summed E-state index contributed by atoms with van der Waals surface area (Å²) >= 11 is 1.70. The van der Waals surface area contributed by atoms with E-state index in [-0.39, 0.29) is 12.1 Å². The van der Waals surface area contributed by atoms with Gasteiger partial charge in [-0.15, -0.1) is 11.3 Å². The van der Waals surface area contributed by atoms with Crippen LogP contribution in [0.5, 0.6) is 0 Å². The van der Waals surface area contributed by atoms with Crippen molar-refractivity contribution in [1.29, 1.82) is 0 Å². The molecule has 0 saturated carbocycles. The van der Waals surface area contributed by atoms with Gasteiger partial charge >= 0.3 is 6.09 Å². The minimum atomic E-state index is -0.441. The van der Waals surface area contributed by atoms with Crippen molar-refractivity contribution >= 4 is 33.3 Å². The summed E-state index contributed by atoms with van der Waals surface area (Å²) in [6.45, 7) is 9.00. The van der Waals surface area contributed by atoms with Crippen molar-refractivity contribution in [2.24, 2.45) is 0 Å². The lowest BCUT2D eigenvalue weighted by Crippen LogP contribution is -2.57. The number of carbonyl (C=O) groups excluding carboxylic acids is 1. The summed E-state index contributed by atoms with van der Waals surface area (Å²) < 4.78 is 6.55. The van der Waals surface area contributed by atoms with Gasteiger partial charge in [0.05, 0.1) is 21.3 Å². The number of anilines is 1. The highest BCUT2D eigenvalue weighted by Gasteiger charge is 2.33. The van der Waals surface area contributed by atoms with E-state index in [0.717, 1.165) is 16.2 Å². The van der Waals surface area contributed by atoms with E-state index in [4.69, 9.17) is 4.74 Å². The third kappa shape index (κ3) is 3.32. The molecule has 1 aliphatic rings. The molecule has 22 heavy (non-hydrogen) atoms. The number of carbonyl (C=O) groups is 1. The van der Waals surface area contributed by atoms with Gasteiger partial charge in [-0.25, -0.2) is 9.78 Å². The van der Waals surface area contributed by atoms with Gasteiger partial charge in [-0.05, 0) is 45.9 Å². The first-order valence-electron chi connectivity index (χ1n) is 7.42. The van der Waals surface area contributed by atoms with Crippen molar-refractivity contribution in [2.45, 2.75) is 39.3 Å². The van der Waals surface area contributed by atoms with Crippen LogP contribution in [0.15, 0.2) is 18.2 Å². The Morgan fingerprint density at radius 3 is 2.82 bits per heavy atom. The molecule has 5 nitrogen and oxygen atoms in total. The number of hydrogen-bond donors (Lipinski definition) is 1. The molecule has 2 aromatic rings. The Bertz CT molecular complexity index is 699. The molecule has 1 amide bonds. The molecule has 6 heteroatoms. The smallest absolute Gasteiger partial charge is 0.410 e. The number of hydrogen-bond acceptors (Lipinski definition) is 5. The summed E-state index contributed by atoms with van der Waals surface area (Å²) in [6.07, 6.45) is -0.240. The van der Waals surface area contributed by atoms with Crippen molar-refractivity contribution in [3.05, 3.63) is 23.2 Å². The summed E-state index contributed by atoms with van der Waals surface area (Å²) in [5, 5.41) is 4.52. The number of benzene rings is 1. The van der Waals surface area contributed by atoms with Crippen LogP contribution in [0.1, 0.15) is 25.8 Å². The van der Waals surface area contributed by atoms with Crippen LogP contribution in [0.2, 0.25) is 0 Å². The molecule has 0 atom stereocenters. The van der Waals surface area contributed by atoms with Crippen LogP contribution in [-0.4, -0.2) is 40.7 Å². The number of thiazole rings is 1. The quantitative estimate of drug-likeness (QED) is 0.918. The summed E-state index contributed by atoms with van der Waals surface area (Å²) in [5.41, 5.74) is 1.63. The topological polar surface area (TPSA) is 54.5 Å². The molecule has 1 N–H and O–H groups in total. The monoisotopic (exact) mass is 319 g/mol. The number of ether oxygens (including phenoxy) is 1. The van der Waals surface area contributed by atoms with Crippen LogP contribution < -0.4 is 5.32 Å². The van der Waals surface area contributed by atoms with Gasteiger partial charge in [-0.1, -0.05) is 0 Å². The number of rotatable bonds is 2. The SMILES string of the molecule is Cc1nc2cc(NC3CN(C(=O)OC(C)(C)C)C3)ccc2s1. The van der Waals surface area contributed by atoms with Crippen molar-refractivity contribution in [3.63, 3.8) is 0 Å². The van der Waals surface area contributed by atoms with Crippen molar-refractivity contribution in [3.8, 4) is 0 Å². The molecule has 0 bridgehead atoms. The van der Waals surface area contributed by atoms with Gasteiger partial charge in [-0.2, -0.15) is 0 Å². The van der Waals surface area contributed by atoms with Gasteiger partial charge < -0.3 is 15.0 Å². The van der Waals surface area contributed by atoms with E-state index in [1.54, 1.807) is 16.2 Å². The molecule has 1 aromatic carbocycles. The second kappa shape index (κ2) is 5.43. The first kappa shape index (κ1) is 15.1. The van der Waals surface area contributed by atoms with Crippen molar-refractivity contribution in [1.82, 2.24) is 9.88 Å². The van der Waals surface area contributed by atoms with E-state index < -0.39 is 5.60 Å². The molecular weight excluding hydrogens is 298 g/mol. The minimum Gasteiger partial charge on any atom is -0.444 e. The van der Waals surface area contributed by atoms with Gasteiger partial charge in [-0.3, -0.25) is 0 Å². The summed E-state index contributed by atoms with van der Waals surface area (Å²) in [5.74, 6) is 0. The summed E-state index contributed by atoms with van der Waals surface area (Å²) in [7, 11) is 0. The third-order valence-electron chi connectivity index (χ3n) is 3.40. The first-order chi connectivity index (χ1) is 10.3. The maximum Gasteiger partial charge on any atom is 0.410 e. The lowest BCUT2D eigenvalue weighted by Gasteiger charge is -2.40. The van der Waals surface area contributed by atoms with E-state index in [1.807, 2.05) is 27.7 Å². The lowest BCUT2D eigenvalue weighted by molar-refractivity contribution is 0.0105. The maximum absolute atomic E-state index is 11.9. The number of amides is 1. The molecule has 1 saturated heterocycles. The van der Waals surface area contributed by atoms with Gasteiger partial charge in [0.25, 0.3) is 0 Å². The molecule has 1 aliphatic heterocycles. The third-order valence-corrected chi connectivity index (χ3v) is 4.35. The summed E-state index contributed by atoms with van der Waals surface area (Å²) in [4.78, 5) is 18.1. The number of nitrogens with one attached hydrogen (secondary N) is 1. The van der Waals surface area contributed by atoms with Crippen LogP contribution >= 0.6 is 11.3 Å². The van der Waals surface area contributed by atoms with Gasteiger partial charge in [0.1, 0.15) is 5.60 Å². The number of fused-ring (bicyclic) bond motifs is 1. The fourth-order valence-corrected chi connectivity index (χ4v) is 3.22. The van der Waals surface area contributed by atoms with Crippen molar-refractivity contribution in [2.75, 3.05) is 18.4 Å².